The minimum atomic E-state index is -0.134. The van der Waals surface area contributed by atoms with Crippen molar-refractivity contribution in [1.82, 2.24) is 14.6 Å². The maximum atomic E-state index is 12.8. The second-order valence-electron chi connectivity index (χ2n) is 7.57. The van der Waals surface area contributed by atoms with Crippen LogP contribution in [0, 0.1) is 0 Å². The summed E-state index contributed by atoms with van der Waals surface area (Å²) in [6.45, 7) is 5.06. The Morgan fingerprint density at radius 1 is 1.00 bits per heavy atom. The van der Waals surface area contributed by atoms with Gasteiger partial charge in [0.1, 0.15) is 5.75 Å². The van der Waals surface area contributed by atoms with Crippen molar-refractivity contribution in [2.75, 3.05) is 6.61 Å². The van der Waals surface area contributed by atoms with Gasteiger partial charge >= 0.3 is 0 Å². The van der Waals surface area contributed by atoms with Gasteiger partial charge in [-0.05, 0) is 54.3 Å². The van der Waals surface area contributed by atoms with Crippen LogP contribution in [-0.2, 0) is 6.42 Å². The highest BCUT2D eigenvalue weighted by Crippen LogP contribution is 2.21. The van der Waals surface area contributed by atoms with Gasteiger partial charge in [0.25, 0.3) is 5.56 Å². The van der Waals surface area contributed by atoms with Crippen LogP contribution in [0.2, 0.25) is 0 Å². The van der Waals surface area contributed by atoms with Crippen LogP contribution in [0.5, 0.6) is 5.75 Å². The fraction of sp³-hybridized carbons (Fsp3) is 0.320. The number of aryl methyl sites for hydroxylation is 1. The molecule has 2 heterocycles. The molecule has 0 saturated carbocycles. The Morgan fingerprint density at radius 3 is 2.45 bits per heavy atom. The summed E-state index contributed by atoms with van der Waals surface area (Å²) in [4.78, 5) is 17.9. The van der Waals surface area contributed by atoms with Gasteiger partial charge in [0, 0.05) is 5.56 Å². The molecule has 6 heteroatoms. The first-order chi connectivity index (χ1) is 15.2. The molecule has 2 aromatic heterocycles. The number of rotatable bonds is 9. The van der Waals surface area contributed by atoms with E-state index in [0.717, 1.165) is 36.3 Å². The van der Waals surface area contributed by atoms with Crippen LogP contribution in [0.3, 0.4) is 0 Å². The Labute approximate surface area is 186 Å². The SMILES string of the molecule is CCCCCCOc1ccc(-c2nc3s/c(=C\c4ccc(CC)cc4)c(=O)n3n2)cc1. The van der Waals surface area contributed by atoms with E-state index in [-0.39, 0.29) is 5.56 Å². The van der Waals surface area contributed by atoms with E-state index in [0.29, 0.717) is 15.3 Å². The number of nitrogens with zero attached hydrogens (tertiary/aromatic N) is 3. The Bertz CT molecular complexity index is 1240. The van der Waals surface area contributed by atoms with Crippen molar-refractivity contribution in [2.45, 2.75) is 46.0 Å². The summed E-state index contributed by atoms with van der Waals surface area (Å²) in [5, 5.41) is 4.44. The lowest BCUT2D eigenvalue weighted by Gasteiger charge is -2.06. The van der Waals surface area contributed by atoms with Crippen molar-refractivity contribution in [1.29, 1.82) is 0 Å². The fourth-order valence-electron chi connectivity index (χ4n) is 3.38. The van der Waals surface area contributed by atoms with Crippen molar-refractivity contribution >= 4 is 22.4 Å². The summed E-state index contributed by atoms with van der Waals surface area (Å²) in [5.74, 6) is 1.40. The fourth-order valence-corrected chi connectivity index (χ4v) is 4.28. The molecule has 0 unspecified atom stereocenters. The van der Waals surface area contributed by atoms with E-state index < -0.39 is 0 Å². The summed E-state index contributed by atoms with van der Waals surface area (Å²) < 4.78 is 7.83. The van der Waals surface area contributed by atoms with Gasteiger partial charge in [-0.25, -0.2) is 0 Å². The molecule has 2 aromatic carbocycles. The smallest absolute Gasteiger partial charge is 0.291 e. The molecule has 0 aliphatic rings. The lowest BCUT2D eigenvalue weighted by Crippen LogP contribution is -2.23. The number of unbranched alkanes of at least 4 members (excludes halogenated alkanes) is 3. The number of thiazole rings is 1. The lowest BCUT2D eigenvalue weighted by molar-refractivity contribution is 0.305. The second kappa shape index (κ2) is 9.88. The van der Waals surface area contributed by atoms with E-state index in [1.807, 2.05) is 42.5 Å². The van der Waals surface area contributed by atoms with Gasteiger partial charge in [0.05, 0.1) is 11.1 Å². The normalized spacial score (nSPS) is 12.0. The number of aromatic nitrogens is 3. The minimum Gasteiger partial charge on any atom is -0.494 e. The van der Waals surface area contributed by atoms with Crippen LogP contribution >= 0.6 is 11.3 Å². The van der Waals surface area contributed by atoms with Crippen LogP contribution < -0.4 is 14.8 Å². The highest BCUT2D eigenvalue weighted by Gasteiger charge is 2.12. The molecule has 0 N–H and O–H groups in total. The molecular formula is C25H27N3O2S. The number of hydrogen-bond acceptors (Lipinski definition) is 5. The molecule has 160 valence electrons. The highest BCUT2D eigenvalue weighted by molar-refractivity contribution is 7.15. The first kappa shape index (κ1) is 21.2. The van der Waals surface area contributed by atoms with Crippen LogP contribution in [0.25, 0.3) is 22.4 Å². The second-order valence-corrected chi connectivity index (χ2v) is 8.58. The zero-order valence-electron chi connectivity index (χ0n) is 18.0. The summed E-state index contributed by atoms with van der Waals surface area (Å²) in [5.41, 5.74) is 3.02. The van der Waals surface area contributed by atoms with Gasteiger partial charge in [-0.15, -0.1) is 5.10 Å². The van der Waals surface area contributed by atoms with E-state index in [1.165, 1.54) is 40.7 Å². The standard InChI is InChI=1S/C25H27N3O2S/c1-3-5-6-7-16-30-21-14-12-20(13-15-21)23-26-25-28(27-23)24(29)22(31-25)17-19-10-8-18(4-2)9-11-19/h8-15,17H,3-7,16H2,1-2H3/b22-17-. The van der Waals surface area contributed by atoms with Gasteiger partial charge in [-0.1, -0.05) is 68.7 Å². The van der Waals surface area contributed by atoms with E-state index in [9.17, 15) is 4.79 Å². The van der Waals surface area contributed by atoms with Gasteiger partial charge in [-0.3, -0.25) is 4.79 Å². The van der Waals surface area contributed by atoms with E-state index in [4.69, 9.17) is 4.74 Å². The van der Waals surface area contributed by atoms with Crippen LogP contribution in [0.1, 0.15) is 50.7 Å². The van der Waals surface area contributed by atoms with Crippen molar-refractivity contribution in [3.8, 4) is 17.1 Å². The molecule has 0 bridgehead atoms. The average Bonchev–Trinajstić information content (AvgIpc) is 3.34. The summed E-state index contributed by atoms with van der Waals surface area (Å²) in [6.07, 6.45) is 7.64. The molecule has 0 aliphatic carbocycles. The topological polar surface area (TPSA) is 56.5 Å². The third kappa shape index (κ3) is 5.02. The summed E-state index contributed by atoms with van der Waals surface area (Å²) in [7, 11) is 0. The van der Waals surface area contributed by atoms with Gasteiger partial charge in [-0.2, -0.15) is 9.50 Å². The van der Waals surface area contributed by atoms with Gasteiger partial charge < -0.3 is 4.74 Å². The van der Waals surface area contributed by atoms with Crippen molar-refractivity contribution in [2.24, 2.45) is 0 Å². The van der Waals surface area contributed by atoms with Crippen molar-refractivity contribution in [3.63, 3.8) is 0 Å². The Balaban J connectivity index is 1.50. The number of ether oxygens (including phenoxy) is 1. The molecule has 0 atom stereocenters. The third-order valence-corrected chi connectivity index (χ3v) is 6.21. The van der Waals surface area contributed by atoms with Crippen LogP contribution in [0.15, 0.2) is 53.3 Å². The minimum absolute atomic E-state index is 0.134. The highest BCUT2D eigenvalue weighted by atomic mass is 32.1. The molecule has 4 rings (SSSR count). The van der Waals surface area contributed by atoms with Crippen LogP contribution in [0.4, 0.5) is 0 Å². The van der Waals surface area contributed by atoms with Crippen molar-refractivity contribution < 1.29 is 4.74 Å². The molecule has 0 spiro atoms. The maximum absolute atomic E-state index is 12.8. The van der Waals surface area contributed by atoms with E-state index in [1.54, 1.807) is 0 Å². The number of benzene rings is 2. The monoisotopic (exact) mass is 433 g/mol. The molecule has 5 nitrogen and oxygen atoms in total. The summed E-state index contributed by atoms with van der Waals surface area (Å²) in [6, 6.07) is 16.0. The zero-order chi connectivity index (χ0) is 21.6. The van der Waals surface area contributed by atoms with Crippen LogP contribution in [-0.4, -0.2) is 21.2 Å². The summed E-state index contributed by atoms with van der Waals surface area (Å²) >= 11 is 1.36. The first-order valence-electron chi connectivity index (χ1n) is 10.9. The first-order valence-corrected chi connectivity index (χ1v) is 11.7. The van der Waals surface area contributed by atoms with Gasteiger partial charge in [0.2, 0.25) is 4.96 Å². The maximum Gasteiger partial charge on any atom is 0.291 e. The third-order valence-electron chi connectivity index (χ3n) is 5.25. The average molecular weight is 434 g/mol. The predicted octanol–water partition coefficient (Wildman–Crippen LogP) is 4.89. The zero-order valence-corrected chi connectivity index (χ0v) is 18.8. The molecule has 0 saturated heterocycles. The molecule has 4 aromatic rings. The predicted molar refractivity (Wildman–Crippen MR) is 127 cm³/mol. The molecule has 31 heavy (non-hydrogen) atoms. The largest absolute Gasteiger partial charge is 0.494 e. The molecule has 0 amide bonds. The number of hydrogen-bond donors (Lipinski definition) is 0. The quantitative estimate of drug-likeness (QED) is 0.353. The molecular weight excluding hydrogens is 406 g/mol. The van der Waals surface area contributed by atoms with E-state index >= 15 is 0 Å². The number of fused-ring (bicyclic) bond motifs is 1. The Hall–Kier alpha value is -2.99. The molecule has 0 radical (unpaired) electrons. The van der Waals surface area contributed by atoms with E-state index in [2.05, 4.69) is 36.1 Å². The van der Waals surface area contributed by atoms with Gasteiger partial charge in [0.15, 0.2) is 5.82 Å². The lowest BCUT2D eigenvalue weighted by atomic mass is 10.1. The Kier molecular flexibility index (Phi) is 6.77. The molecule has 0 fully saturated rings. The molecule has 0 aliphatic heterocycles. The van der Waals surface area contributed by atoms with Crippen molar-refractivity contribution in [3.05, 3.63) is 74.5 Å². The Morgan fingerprint density at radius 2 is 1.77 bits per heavy atom.